The number of nitrogens with zero attached hydrogens (tertiary/aromatic N) is 3. The minimum absolute atomic E-state index is 0.134. The van der Waals surface area contributed by atoms with Crippen LogP contribution >= 0.6 is 0 Å². The number of nitrogens with two attached hydrogens (primary N) is 1. The van der Waals surface area contributed by atoms with Gasteiger partial charge in [0, 0.05) is 24.4 Å². The number of halogens is 1. The number of pyridine rings is 1. The number of aryl methyl sites for hydroxylation is 1. The van der Waals surface area contributed by atoms with Crippen LogP contribution in [0.25, 0.3) is 0 Å². The first-order valence-electron chi connectivity index (χ1n) is 4.66. The van der Waals surface area contributed by atoms with Crippen LogP contribution in [0.1, 0.15) is 17.2 Å². The minimum Gasteiger partial charge on any atom is -0.384 e. The second-order valence-electron chi connectivity index (χ2n) is 3.41. The van der Waals surface area contributed by atoms with Gasteiger partial charge in [0.25, 0.3) is 0 Å². The first kappa shape index (κ1) is 10.6. The molecule has 1 atom stereocenters. The Kier molecular flexibility index (Phi) is 2.57. The molecule has 0 saturated heterocycles. The van der Waals surface area contributed by atoms with Gasteiger partial charge in [0.1, 0.15) is 17.7 Å². The van der Waals surface area contributed by atoms with Crippen LogP contribution in [0.2, 0.25) is 0 Å². The molecule has 0 fully saturated rings. The van der Waals surface area contributed by atoms with Crippen molar-refractivity contribution in [1.29, 1.82) is 0 Å². The van der Waals surface area contributed by atoms with E-state index >= 15 is 0 Å². The predicted octanol–water partition coefficient (Wildman–Crippen LogP) is 0.618. The van der Waals surface area contributed by atoms with Crippen molar-refractivity contribution in [3.8, 4) is 0 Å². The van der Waals surface area contributed by atoms with Crippen LogP contribution < -0.4 is 5.73 Å². The van der Waals surface area contributed by atoms with Gasteiger partial charge in [-0.2, -0.15) is 5.10 Å². The van der Waals surface area contributed by atoms with E-state index in [2.05, 4.69) is 10.1 Å². The van der Waals surface area contributed by atoms with Crippen LogP contribution in [-0.4, -0.2) is 19.9 Å². The minimum atomic E-state index is -1.13. The molecule has 2 heterocycles. The lowest BCUT2D eigenvalue weighted by Gasteiger charge is -2.10. The number of aromatic nitrogens is 3. The maximum absolute atomic E-state index is 13.4. The lowest BCUT2D eigenvalue weighted by atomic mass is 10.1. The number of hydrogen-bond donors (Lipinski definition) is 2. The van der Waals surface area contributed by atoms with Crippen molar-refractivity contribution in [2.24, 2.45) is 7.05 Å². The zero-order chi connectivity index (χ0) is 11.7. The second-order valence-corrected chi connectivity index (χ2v) is 3.41. The van der Waals surface area contributed by atoms with Crippen LogP contribution in [0.3, 0.4) is 0 Å². The van der Waals surface area contributed by atoms with Gasteiger partial charge in [0.05, 0.1) is 12.4 Å². The Morgan fingerprint density at radius 1 is 1.44 bits per heavy atom. The molecule has 0 saturated carbocycles. The summed E-state index contributed by atoms with van der Waals surface area (Å²) in [6, 6.07) is 1.41. The summed E-state index contributed by atoms with van der Waals surface area (Å²) in [7, 11) is 1.65. The molecular formula is C10H11FN4O. The Labute approximate surface area is 91.3 Å². The number of rotatable bonds is 2. The van der Waals surface area contributed by atoms with E-state index < -0.39 is 11.9 Å². The van der Waals surface area contributed by atoms with E-state index in [4.69, 9.17) is 5.73 Å². The van der Waals surface area contributed by atoms with E-state index in [-0.39, 0.29) is 5.56 Å². The fraction of sp³-hybridized carbons (Fsp3) is 0.200. The lowest BCUT2D eigenvalue weighted by Crippen LogP contribution is -2.06. The highest BCUT2D eigenvalue weighted by Gasteiger charge is 2.19. The topological polar surface area (TPSA) is 77.0 Å². The zero-order valence-corrected chi connectivity index (χ0v) is 8.63. The molecule has 5 nitrogen and oxygen atoms in total. The van der Waals surface area contributed by atoms with Gasteiger partial charge in [0.2, 0.25) is 0 Å². The Morgan fingerprint density at radius 2 is 2.19 bits per heavy atom. The maximum Gasteiger partial charge on any atom is 0.147 e. The Morgan fingerprint density at radius 3 is 2.75 bits per heavy atom. The zero-order valence-electron chi connectivity index (χ0n) is 8.63. The second kappa shape index (κ2) is 3.90. The molecule has 84 valence electrons. The summed E-state index contributed by atoms with van der Waals surface area (Å²) in [6.07, 6.45) is 2.75. The molecule has 2 rings (SSSR count). The van der Waals surface area contributed by atoms with E-state index in [1.165, 1.54) is 23.1 Å². The summed E-state index contributed by atoms with van der Waals surface area (Å²) < 4.78 is 14.8. The Balaban J connectivity index is 2.43. The van der Waals surface area contributed by atoms with Gasteiger partial charge >= 0.3 is 0 Å². The molecule has 6 heteroatoms. The number of hydrogen-bond acceptors (Lipinski definition) is 4. The molecule has 0 aromatic carbocycles. The molecule has 0 aliphatic heterocycles. The molecular weight excluding hydrogens is 211 g/mol. The Bertz CT molecular complexity index is 511. The summed E-state index contributed by atoms with van der Waals surface area (Å²) in [6.45, 7) is 0. The molecule has 1 unspecified atom stereocenters. The standard InChI is InChI=1S/C10H11FN4O/c1-15-10(12)7(4-14-15)9(16)6-2-3-13-5-8(6)11/h2-5,9,16H,12H2,1H3. The third-order valence-electron chi connectivity index (χ3n) is 2.41. The van der Waals surface area contributed by atoms with Crippen molar-refractivity contribution in [3.63, 3.8) is 0 Å². The van der Waals surface area contributed by atoms with Crippen molar-refractivity contribution in [3.05, 3.63) is 41.6 Å². The molecule has 0 aliphatic carbocycles. The highest BCUT2D eigenvalue weighted by Crippen LogP contribution is 2.27. The van der Waals surface area contributed by atoms with Gasteiger partial charge in [-0.25, -0.2) is 4.39 Å². The monoisotopic (exact) mass is 222 g/mol. The average molecular weight is 222 g/mol. The molecule has 0 spiro atoms. The quantitative estimate of drug-likeness (QED) is 0.780. The number of aliphatic hydroxyl groups is 1. The van der Waals surface area contributed by atoms with Crippen molar-refractivity contribution in [1.82, 2.24) is 14.8 Å². The van der Waals surface area contributed by atoms with Gasteiger partial charge < -0.3 is 10.8 Å². The Hall–Kier alpha value is -1.95. The van der Waals surface area contributed by atoms with Gasteiger partial charge in [-0.3, -0.25) is 9.67 Å². The fourth-order valence-electron chi connectivity index (χ4n) is 1.45. The lowest BCUT2D eigenvalue weighted by molar-refractivity contribution is 0.215. The molecule has 3 N–H and O–H groups in total. The summed E-state index contributed by atoms with van der Waals surface area (Å²) in [5.74, 6) is -0.262. The van der Waals surface area contributed by atoms with Crippen molar-refractivity contribution in [2.45, 2.75) is 6.10 Å². The molecule has 0 aliphatic rings. The van der Waals surface area contributed by atoms with E-state index in [1.54, 1.807) is 7.05 Å². The summed E-state index contributed by atoms with van der Waals surface area (Å²) in [5, 5.41) is 13.9. The normalized spacial score (nSPS) is 12.7. The summed E-state index contributed by atoms with van der Waals surface area (Å²) >= 11 is 0. The third kappa shape index (κ3) is 1.63. The van der Waals surface area contributed by atoms with Crippen molar-refractivity contribution in [2.75, 3.05) is 5.73 Å². The number of aliphatic hydroxyl groups excluding tert-OH is 1. The van der Waals surface area contributed by atoms with E-state index in [1.807, 2.05) is 0 Å². The predicted molar refractivity (Wildman–Crippen MR) is 55.9 cm³/mol. The van der Waals surface area contributed by atoms with Crippen LogP contribution in [0.5, 0.6) is 0 Å². The molecule has 2 aromatic heterocycles. The van der Waals surface area contributed by atoms with Gasteiger partial charge in [-0.1, -0.05) is 0 Å². The van der Waals surface area contributed by atoms with Crippen LogP contribution in [-0.2, 0) is 7.05 Å². The van der Waals surface area contributed by atoms with Gasteiger partial charge in [-0.05, 0) is 6.07 Å². The van der Waals surface area contributed by atoms with E-state index in [9.17, 15) is 9.50 Å². The fourth-order valence-corrected chi connectivity index (χ4v) is 1.45. The first-order chi connectivity index (χ1) is 7.61. The van der Waals surface area contributed by atoms with Crippen LogP contribution in [0, 0.1) is 5.82 Å². The molecule has 2 aromatic rings. The molecule has 0 bridgehead atoms. The van der Waals surface area contributed by atoms with E-state index in [0.29, 0.717) is 11.4 Å². The van der Waals surface area contributed by atoms with Crippen LogP contribution in [0.15, 0.2) is 24.7 Å². The third-order valence-corrected chi connectivity index (χ3v) is 2.41. The maximum atomic E-state index is 13.4. The smallest absolute Gasteiger partial charge is 0.147 e. The SMILES string of the molecule is Cn1ncc(C(O)c2ccncc2F)c1N. The number of anilines is 1. The summed E-state index contributed by atoms with van der Waals surface area (Å²) in [4.78, 5) is 3.61. The van der Waals surface area contributed by atoms with Crippen molar-refractivity contribution < 1.29 is 9.50 Å². The highest BCUT2D eigenvalue weighted by molar-refractivity contribution is 5.44. The van der Waals surface area contributed by atoms with Crippen LogP contribution in [0.4, 0.5) is 10.2 Å². The van der Waals surface area contributed by atoms with Gasteiger partial charge in [-0.15, -0.1) is 0 Å². The molecule has 16 heavy (non-hydrogen) atoms. The average Bonchev–Trinajstić information content (AvgIpc) is 2.60. The molecule has 0 radical (unpaired) electrons. The summed E-state index contributed by atoms with van der Waals surface area (Å²) in [5.41, 5.74) is 6.21. The van der Waals surface area contributed by atoms with Gasteiger partial charge in [0.15, 0.2) is 0 Å². The van der Waals surface area contributed by atoms with E-state index in [0.717, 1.165) is 6.20 Å². The number of nitrogen functional groups attached to an aromatic ring is 1. The van der Waals surface area contributed by atoms with Crippen molar-refractivity contribution >= 4 is 5.82 Å². The largest absolute Gasteiger partial charge is 0.384 e. The molecule has 0 amide bonds. The first-order valence-corrected chi connectivity index (χ1v) is 4.66. The highest BCUT2D eigenvalue weighted by atomic mass is 19.1.